The molecule has 6 nitrogen and oxygen atoms in total. The van der Waals surface area contributed by atoms with Gasteiger partial charge in [0.15, 0.2) is 0 Å². The van der Waals surface area contributed by atoms with Gasteiger partial charge >= 0.3 is 5.97 Å². The van der Waals surface area contributed by atoms with E-state index in [0.717, 1.165) is 29.3 Å². The fraction of sp³-hybridized carbons (Fsp3) is 0.545. The average molecular weight is 419 g/mol. The Kier molecular flexibility index (Phi) is 7.38. The second kappa shape index (κ2) is 9.78. The van der Waals surface area contributed by atoms with Crippen LogP contribution in [0.3, 0.4) is 0 Å². The summed E-state index contributed by atoms with van der Waals surface area (Å²) in [6.07, 6.45) is -0.117. The van der Waals surface area contributed by atoms with E-state index >= 15 is 0 Å². The smallest absolute Gasteiger partial charge is 0.356 e. The third kappa shape index (κ3) is 5.02. The van der Waals surface area contributed by atoms with Crippen LogP contribution in [0.25, 0.3) is 0 Å². The lowest BCUT2D eigenvalue weighted by atomic mass is 9.83. The third-order valence-electron chi connectivity index (χ3n) is 5.20. The lowest BCUT2D eigenvalue weighted by molar-refractivity contribution is -0.162. The van der Waals surface area contributed by atoms with Crippen LogP contribution >= 0.6 is 11.8 Å². The van der Waals surface area contributed by atoms with Gasteiger partial charge in [0.2, 0.25) is 5.91 Å². The van der Waals surface area contributed by atoms with Crippen LogP contribution in [0.1, 0.15) is 32.8 Å². The number of rotatable bonds is 10. The first-order valence-electron chi connectivity index (χ1n) is 10.2. The van der Waals surface area contributed by atoms with E-state index in [0.29, 0.717) is 18.0 Å². The van der Waals surface area contributed by atoms with Gasteiger partial charge in [0.25, 0.3) is 0 Å². The van der Waals surface area contributed by atoms with Gasteiger partial charge in [-0.1, -0.05) is 44.2 Å². The number of carbonyl (C=O) groups excluding carboxylic acids is 2. The summed E-state index contributed by atoms with van der Waals surface area (Å²) in [6, 6.07) is 9.35. The molecule has 0 radical (unpaired) electrons. The van der Waals surface area contributed by atoms with Crippen molar-refractivity contribution in [2.24, 2.45) is 11.8 Å². The number of aliphatic hydroxyl groups excluding tert-OH is 1. The van der Waals surface area contributed by atoms with Gasteiger partial charge in [-0.15, -0.1) is 11.8 Å². The fourth-order valence-corrected chi connectivity index (χ4v) is 4.88. The highest BCUT2D eigenvalue weighted by molar-refractivity contribution is 8.03. The quantitative estimate of drug-likeness (QED) is 0.345. The number of ether oxygens (including phenoxy) is 1. The van der Waals surface area contributed by atoms with Crippen LogP contribution in [0.2, 0.25) is 0 Å². The standard InChI is InChI=1S/C22H30N2O4S/c1-14(2)12-23-9-10-29-18-11-17-19(15(3)25)21(26)24(17)20(18)22(27)28-13-16-7-5-4-6-8-16/h4-8,14-15,17,19,23,25H,9-13H2,1-3H3/t15-,17-,19-/m1/s1. The third-order valence-corrected chi connectivity index (χ3v) is 6.32. The molecule has 3 rings (SSSR count). The molecular formula is C22H30N2O4S. The minimum Gasteiger partial charge on any atom is -0.456 e. The molecule has 0 unspecified atom stereocenters. The number of hydrogen-bond donors (Lipinski definition) is 2. The van der Waals surface area contributed by atoms with Crippen LogP contribution < -0.4 is 5.32 Å². The molecule has 0 aromatic heterocycles. The molecule has 3 atom stereocenters. The zero-order chi connectivity index (χ0) is 21.0. The first-order chi connectivity index (χ1) is 13.9. The molecule has 2 N–H and O–H groups in total. The van der Waals surface area contributed by atoms with Gasteiger partial charge in [-0.25, -0.2) is 4.79 Å². The van der Waals surface area contributed by atoms with Gasteiger partial charge < -0.3 is 20.1 Å². The molecule has 1 fully saturated rings. The first-order valence-corrected chi connectivity index (χ1v) is 11.2. The van der Waals surface area contributed by atoms with Crippen molar-refractivity contribution < 1.29 is 19.4 Å². The number of thioether (sulfide) groups is 1. The Morgan fingerprint density at radius 3 is 2.69 bits per heavy atom. The van der Waals surface area contributed by atoms with Crippen LogP contribution in [0.4, 0.5) is 0 Å². The van der Waals surface area contributed by atoms with Crippen LogP contribution in [-0.4, -0.2) is 52.9 Å². The minimum atomic E-state index is -0.720. The molecular weight excluding hydrogens is 388 g/mol. The van der Waals surface area contributed by atoms with E-state index in [4.69, 9.17) is 4.74 Å². The number of esters is 1. The molecule has 1 saturated heterocycles. The molecule has 2 aliphatic rings. The number of fused-ring (bicyclic) bond motifs is 1. The number of nitrogens with one attached hydrogen (secondary N) is 1. The number of β-lactam (4-membered cyclic amide) rings is 1. The average Bonchev–Trinajstić information content (AvgIpc) is 3.00. The Morgan fingerprint density at radius 2 is 2.03 bits per heavy atom. The summed E-state index contributed by atoms with van der Waals surface area (Å²) in [4.78, 5) is 27.8. The van der Waals surface area contributed by atoms with Crippen LogP contribution in [0.5, 0.6) is 0 Å². The molecule has 29 heavy (non-hydrogen) atoms. The van der Waals surface area contributed by atoms with E-state index in [2.05, 4.69) is 19.2 Å². The second-order valence-corrected chi connectivity index (χ2v) is 9.22. The minimum absolute atomic E-state index is 0.145. The predicted octanol–water partition coefficient (Wildman–Crippen LogP) is 2.53. The lowest BCUT2D eigenvalue weighted by Crippen LogP contribution is -2.61. The van der Waals surface area contributed by atoms with Crippen molar-refractivity contribution in [3.05, 3.63) is 46.5 Å². The van der Waals surface area contributed by atoms with E-state index in [-0.39, 0.29) is 18.6 Å². The maximum Gasteiger partial charge on any atom is 0.356 e. The summed E-state index contributed by atoms with van der Waals surface area (Å²) >= 11 is 1.60. The van der Waals surface area contributed by atoms with Gasteiger partial charge in [0.1, 0.15) is 12.3 Å². The van der Waals surface area contributed by atoms with Crippen LogP contribution in [-0.2, 0) is 20.9 Å². The summed E-state index contributed by atoms with van der Waals surface area (Å²) in [5.74, 6) is 0.298. The Bertz CT molecular complexity index is 763. The van der Waals surface area contributed by atoms with E-state index in [1.165, 1.54) is 4.90 Å². The summed E-state index contributed by atoms with van der Waals surface area (Å²) in [5.41, 5.74) is 1.27. The predicted molar refractivity (Wildman–Crippen MR) is 114 cm³/mol. The largest absolute Gasteiger partial charge is 0.456 e. The number of nitrogens with zero attached hydrogens (tertiary/aromatic N) is 1. The van der Waals surface area contributed by atoms with Crippen LogP contribution in [0.15, 0.2) is 40.9 Å². The molecule has 2 aliphatic heterocycles. The van der Waals surface area contributed by atoms with Gasteiger partial charge in [-0.3, -0.25) is 4.79 Å². The highest BCUT2D eigenvalue weighted by Gasteiger charge is 2.56. The summed E-state index contributed by atoms with van der Waals surface area (Å²) < 4.78 is 5.52. The molecule has 0 bridgehead atoms. The summed E-state index contributed by atoms with van der Waals surface area (Å²) in [7, 11) is 0. The van der Waals surface area contributed by atoms with Crippen molar-refractivity contribution in [3.63, 3.8) is 0 Å². The zero-order valence-electron chi connectivity index (χ0n) is 17.3. The number of amides is 1. The van der Waals surface area contributed by atoms with Gasteiger partial charge in [0.05, 0.1) is 18.1 Å². The van der Waals surface area contributed by atoms with Gasteiger partial charge in [0, 0.05) is 23.6 Å². The molecule has 0 saturated carbocycles. The van der Waals surface area contributed by atoms with E-state index in [1.54, 1.807) is 18.7 Å². The van der Waals surface area contributed by atoms with Gasteiger partial charge in [-0.05, 0) is 24.9 Å². The summed E-state index contributed by atoms with van der Waals surface area (Å²) in [6.45, 7) is 7.90. The molecule has 158 valence electrons. The topological polar surface area (TPSA) is 78.9 Å². The number of aliphatic hydroxyl groups is 1. The molecule has 2 heterocycles. The Labute approximate surface area is 176 Å². The first kappa shape index (κ1) is 21.9. The zero-order valence-corrected chi connectivity index (χ0v) is 18.1. The molecule has 0 spiro atoms. The molecule has 7 heteroatoms. The Morgan fingerprint density at radius 1 is 1.31 bits per heavy atom. The number of carbonyl (C=O) groups is 2. The second-order valence-electron chi connectivity index (χ2n) is 8.03. The Hall–Kier alpha value is -1.83. The van der Waals surface area contributed by atoms with E-state index in [9.17, 15) is 14.7 Å². The van der Waals surface area contributed by atoms with Gasteiger partial charge in [-0.2, -0.15) is 0 Å². The maximum atomic E-state index is 12.9. The fourth-order valence-electron chi connectivity index (χ4n) is 3.78. The van der Waals surface area contributed by atoms with Crippen molar-refractivity contribution in [2.75, 3.05) is 18.8 Å². The summed E-state index contributed by atoms with van der Waals surface area (Å²) in [5, 5.41) is 13.3. The molecule has 1 amide bonds. The number of hydrogen-bond acceptors (Lipinski definition) is 6. The van der Waals surface area contributed by atoms with Crippen LogP contribution in [0, 0.1) is 11.8 Å². The van der Waals surface area contributed by atoms with Crippen molar-refractivity contribution in [1.82, 2.24) is 10.2 Å². The van der Waals surface area contributed by atoms with Crippen molar-refractivity contribution in [3.8, 4) is 0 Å². The molecule has 1 aromatic carbocycles. The monoisotopic (exact) mass is 418 g/mol. The SMILES string of the molecule is CC(C)CNCCSC1=C(C(=O)OCc2ccccc2)N2C(=O)[C@H]([C@@H](C)O)[C@H]2C1. The molecule has 0 aliphatic carbocycles. The number of benzene rings is 1. The normalized spacial score (nSPS) is 22.0. The van der Waals surface area contributed by atoms with E-state index in [1.807, 2.05) is 30.3 Å². The molecule has 1 aromatic rings. The Balaban J connectivity index is 1.67. The highest BCUT2D eigenvalue weighted by Crippen LogP contribution is 2.47. The lowest BCUT2D eigenvalue weighted by Gasteiger charge is -2.44. The van der Waals surface area contributed by atoms with E-state index < -0.39 is 18.0 Å². The highest BCUT2D eigenvalue weighted by atomic mass is 32.2. The van der Waals surface area contributed by atoms with Crippen molar-refractivity contribution >= 4 is 23.6 Å². The van der Waals surface area contributed by atoms with Crippen molar-refractivity contribution in [2.45, 2.75) is 45.9 Å². The maximum absolute atomic E-state index is 12.9. The van der Waals surface area contributed by atoms with Crippen molar-refractivity contribution in [1.29, 1.82) is 0 Å².